The van der Waals surface area contributed by atoms with Gasteiger partial charge in [0.15, 0.2) is 5.96 Å². The third-order valence-electron chi connectivity index (χ3n) is 4.34. The summed E-state index contributed by atoms with van der Waals surface area (Å²) in [5.74, 6) is 1.23. The molecule has 3 heteroatoms. The molecule has 2 N–H and O–H groups in total. The molecule has 1 unspecified atom stereocenters. The maximum atomic E-state index is 6.12. The van der Waals surface area contributed by atoms with Crippen LogP contribution in [0.1, 0.15) is 52.7 Å². The highest BCUT2D eigenvalue weighted by molar-refractivity contribution is 5.81. The third kappa shape index (κ3) is 3.07. The minimum Gasteiger partial charge on any atom is -0.370 e. The highest BCUT2D eigenvalue weighted by atomic mass is 15.4. The van der Waals surface area contributed by atoms with Gasteiger partial charge in [0.1, 0.15) is 0 Å². The van der Waals surface area contributed by atoms with Crippen LogP contribution >= 0.6 is 0 Å². The Morgan fingerprint density at radius 2 is 1.81 bits per heavy atom. The third-order valence-corrected chi connectivity index (χ3v) is 4.34. The second-order valence-corrected chi connectivity index (χ2v) is 7.78. The van der Waals surface area contributed by atoms with Gasteiger partial charge >= 0.3 is 0 Å². The summed E-state index contributed by atoms with van der Waals surface area (Å²) in [7, 11) is 0. The first-order valence-electron chi connectivity index (χ1n) is 7.83. The van der Waals surface area contributed by atoms with E-state index in [-0.39, 0.29) is 11.0 Å². The van der Waals surface area contributed by atoms with E-state index >= 15 is 0 Å². The van der Waals surface area contributed by atoms with Crippen molar-refractivity contribution in [3.05, 3.63) is 35.4 Å². The van der Waals surface area contributed by atoms with Crippen LogP contribution in [0.3, 0.4) is 0 Å². The molecule has 2 rings (SSSR count). The number of hydrogen-bond donors (Lipinski definition) is 1. The minimum atomic E-state index is -0.120. The van der Waals surface area contributed by atoms with Crippen LogP contribution in [0.25, 0.3) is 0 Å². The molecule has 0 saturated carbocycles. The van der Waals surface area contributed by atoms with Gasteiger partial charge in [0.25, 0.3) is 0 Å². The van der Waals surface area contributed by atoms with E-state index in [4.69, 9.17) is 5.73 Å². The van der Waals surface area contributed by atoms with Gasteiger partial charge in [-0.25, -0.2) is 0 Å². The molecular formula is C18H29N3. The molecule has 0 bridgehead atoms. The number of benzene rings is 1. The maximum absolute atomic E-state index is 6.12. The van der Waals surface area contributed by atoms with Gasteiger partial charge in [0, 0.05) is 6.54 Å². The first-order valence-corrected chi connectivity index (χ1v) is 7.83. The fraction of sp³-hybridized carbons (Fsp3) is 0.611. The number of nitrogens with two attached hydrogens (primary N) is 1. The largest absolute Gasteiger partial charge is 0.370 e. The summed E-state index contributed by atoms with van der Waals surface area (Å²) < 4.78 is 0. The van der Waals surface area contributed by atoms with Gasteiger partial charge in [-0.05, 0) is 29.4 Å². The van der Waals surface area contributed by atoms with Gasteiger partial charge in [-0.1, -0.05) is 58.9 Å². The van der Waals surface area contributed by atoms with Crippen molar-refractivity contribution in [1.82, 2.24) is 4.90 Å². The predicted octanol–water partition coefficient (Wildman–Crippen LogP) is 3.49. The van der Waals surface area contributed by atoms with E-state index in [1.54, 1.807) is 0 Å². The highest BCUT2D eigenvalue weighted by Crippen LogP contribution is 2.34. The summed E-state index contributed by atoms with van der Waals surface area (Å²) in [4.78, 5) is 6.75. The Kier molecular flexibility index (Phi) is 4.05. The average molecular weight is 287 g/mol. The number of rotatable bonds is 3. The Hall–Kier alpha value is -1.51. The molecule has 116 valence electrons. The lowest BCUT2D eigenvalue weighted by Gasteiger charge is -2.38. The minimum absolute atomic E-state index is 0.120. The normalized spacial score (nSPS) is 22.8. The van der Waals surface area contributed by atoms with E-state index < -0.39 is 0 Å². The highest BCUT2D eigenvalue weighted by Gasteiger charge is 2.39. The standard InChI is InChI=1S/C18H29N3/c1-13(2)11-21-16(19)20-12-18(21,6)15-9-7-14(8-10-15)17(3,4)5/h7-10,13H,11-12H2,1-6H3,(H2,19,20). The van der Waals surface area contributed by atoms with Gasteiger partial charge in [-0.2, -0.15) is 0 Å². The molecule has 1 aliphatic heterocycles. The molecule has 1 heterocycles. The van der Waals surface area contributed by atoms with Crippen molar-refractivity contribution in [3.63, 3.8) is 0 Å². The second kappa shape index (κ2) is 5.36. The Bertz CT molecular complexity index is 522. The van der Waals surface area contributed by atoms with Crippen LogP contribution in [0.5, 0.6) is 0 Å². The van der Waals surface area contributed by atoms with E-state index in [2.05, 4.69) is 75.7 Å². The zero-order valence-electron chi connectivity index (χ0n) is 14.3. The molecule has 0 aromatic heterocycles. The first kappa shape index (κ1) is 15.9. The zero-order valence-corrected chi connectivity index (χ0v) is 14.3. The topological polar surface area (TPSA) is 41.6 Å². The summed E-state index contributed by atoms with van der Waals surface area (Å²) in [6.07, 6.45) is 0. The number of hydrogen-bond acceptors (Lipinski definition) is 3. The SMILES string of the molecule is CC(C)CN1C(N)=NCC1(C)c1ccc(C(C)(C)C)cc1. The van der Waals surface area contributed by atoms with Gasteiger partial charge in [0.05, 0.1) is 12.1 Å². The van der Waals surface area contributed by atoms with Crippen LogP contribution in [-0.4, -0.2) is 23.9 Å². The van der Waals surface area contributed by atoms with Crippen molar-refractivity contribution >= 4 is 5.96 Å². The average Bonchev–Trinajstić information content (AvgIpc) is 2.67. The van der Waals surface area contributed by atoms with Gasteiger partial charge < -0.3 is 10.6 Å². The van der Waals surface area contributed by atoms with Crippen molar-refractivity contribution in [2.24, 2.45) is 16.6 Å². The summed E-state index contributed by atoms with van der Waals surface area (Å²) in [6, 6.07) is 8.95. The van der Waals surface area contributed by atoms with Crippen LogP contribution < -0.4 is 5.73 Å². The Labute approximate surface area is 129 Å². The van der Waals surface area contributed by atoms with Crippen LogP contribution in [-0.2, 0) is 11.0 Å². The second-order valence-electron chi connectivity index (χ2n) is 7.78. The lowest BCUT2D eigenvalue weighted by atomic mass is 9.84. The van der Waals surface area contributed by atoms with Crippen LogP contribution in [0.15, 0.2) is 29.3 Å². The summed E-state index contributed by atoms with van der Waals surface area (Å²) in [6.45, 7) is 15.1. The Morgan fingerprint density at radius 3 is 2.29 bits per heavy atom. The van der Waals surface area contributed by atoms with Gasteiger partial charge in [-0.3, -0.25) is 4.99 Å². The number of guanidine groups is 1. The lowest BCUT2D eigenvalue weighted by molar-refractivity contribution is 0.204. The van der Waals surface area contributed by atoms with Crippen LogP contribution in [0.4, 0.5) is 0 Å². The molecule has 0 saturated heterocycles. The fourth-order valence-corrected chi connectivity index (χ4v) is 2.90. The van der Waals surface area contributed by atoms with Crippen molar-refractivity contribution < 1.29 is 0 Å². The van der Waals surface area contributed by atoms with E-state index in [0.717, 1.165) is 13.1 Å². The molecule has 0 spiro atoms. The molecule has 1 aromatic rings. The molecule has 1 aromatic carbocycles. The molecule has 1 atom stereocenters. The predicted molar refractivity (Wildman–Crippen MR) is 90.5 cm³/mol. The Morgan fingerprint density at radius 1 is 1.24 bits per heavy atom. The molecule has 0 amide bonds. The van der Waals surface area contributed by atoms with Crippen molar-refractivity contribution in [2.75, 3.05) is 13.1 Å². The molecule has 21 heavy (non-hydrogen) atoms. The molecule has 0 fully saturated rings. The van der Waals surface area contributed by atoms with Gasteiger partial charge in [-0.15, -0.1) is 0 Å². The first-order chi connectivity index (χ1) is 9.64. The summed E-state index contributed by atoms with van der Waals surface area (Å²) >= 11 is 0. The van der Waals surface area contributed by atoms with Crippen molar-refractivity contribution in [1.29, 1.82) is 0 Å². The van der Waals surface area contributed by atoms with Crippen LogP contribution in [0, 0.1) is 5.92 Å². The van der Waals surface area contributed by atoms with Crippen LogP contribution in [0.2, 0.25) is 0 Å². The maximum Gasteiger partial charge on any atom is 0.192 e. The monoisotopic (exact) mass is 287 g/mol. The van der Waals surface area contributed by atoms with Crippen molar-refractivity contribution in [2.45, 2.75) is 52.5 Å². The van der Waals surface area contributed by atoms with E-state index in [1.807, 2.05) is 0 Å². The zero-order chi connectivity index (χ0) is 15.8. The summed E-state index contributed by atoms with van der Waals surface area (Å²) in [5, 5.41) is 0. The van der Waals surface area contributed by atoms with E-state index in [0.29, 0.717) is 11.9 Å². The molecule has 3 nitrogen and oxygen atoms in total. The smallest absolute Gasteiger partial charge is 0.192 e. The summed E-state index contributed by atoms with van der Waals surface area (Å²) in [5.41, 5.74) is 8.83. The van der Waals surface area contributed by atoms with Crippen molar-refractivity contribution in [3.8, 4) is 0 Å². The number of nitrogens with zero attached hydrogens (tertiary/aromatic N) is 2. The van der Waals surface area contributed by atoms with E-state index in [9.17, 15) is 0 Å². The molecule has 1 aliphatic rings. The molecular weight excluding hydrogens is 258 g/mol. The van der Waals surface area contributed by atoms with Gasteiger partial charge in [0.2, 0.25) is 0 Å². The lowest BCUT2D eigenvalue weighted by Crippen LogP contribution is -2.49. The Balaban J connectivity index is 2.31. The quantitative estimate of drug-likeness (QED) is 0.924. The number of aliphatic imine (C=N–C) groups is 1. The molecule has 0 aliphatic carbocycles. The molecule has 0 radical (unpaired) electrons. The van der Waals surface area contributed by atoms with E-state index in [1.165, 1.54) is 11.1 Å². The fourth-order valence-electron chi connectivity index (χ4n) is 2.90.